The molecule has 2 N–H and O–H groups in total. The van der Waals surface area contributed by atoms with Crippen LogP contribution in [0.4, 0.5) is 17.3 Å². The van der Waals surface area contributed by atoms with Gasteiger partial charge in [0.15, 0.2) is 11.6 Å². The number of aromatic nitrogens is 2. The number of para-hydroxylation sites is 2. The van der Waals surface area contributed by atoms with Gasteiger partial charge in [-0.1, -0.05) is 12.1 Å². The summed E-state index contributed by atoms with van der Waals surface area (Å²) in [4.78, 5) is 0. The molecule has 0 fully saturated rings. The average molecular weight is 323 g/mol. The highest BCUT2D eigenvalue weighted by atomic mass is 32.2. The highest BCUT2D eigenvalue weighted by Gasteiger charge is 2.14. The first-order valence-electron chi connectivity index (χ1n) is 6.36. The van der Waals surface area contributed by atoms with Crippen molar-refractivity contribution in [3.05, 3.63) is 36.4 Å². The molecule has 1 aromatic carbocycles. The quantitative estimate of drug-likeness (QED) is 0.835. The first-order chi connectivity index (χ1) is 10.4. The van der Waals surface area contributed by atoms with Crippen molar-refractivity contribution in [1.29, 1.82) is 0 Å². The molecule has 0 saturated heterocycles. The fraction of sp³-hybridized carbons (Fsp3) is 0.231. The Labute approximate surface area is 129 Å². The molecule has 0 atom stereocenters. The van der Waals surface area contributed by atoms with Crippen LogP contribution in [-0.2, 0) is 10.2 Å². The van der Waals surface area contributed by atoms with Crippen LogP contribution in [0.2, 0.25) is 0 Å². The van der Waals surface area contributed by atoms with E-state index in [4.69, 9.17) is 4.74 Å². The van der Waals surface area contributed by atoms with Gasteiger partial charge in [-0.15, -0.1) is 10.2 Å². The average Bonchev–Trinajstić information content (AvgIpc) is 2.49. The summed E-state index contributed by atoms with van der Waals surface area (Å²) >= 11 is 0. The number of rotatable bonds is 6. The van der Waals surface area contributed by atoms with E-state index in [-0.39, 0.29) is 5.82 Å². The largest absolute Gasteiger partial charge is 0.495 e. The Balaban J connectivity index is 2.13. The monoisotopic (exact) mass is 323 g/mol. The minimum absolute atomic E-state index is 0.138. The van der Waals surface area contributed by atoms with E-state index in [0.717, 1.165) is 9.99 Å². The van der Waals surface area contributed by atoms with Gasteiger partial charge in [0.25, 0.3) is 0 Å². The maximum atomic E-state index is 11.7. The zero-order valence-electron chi connectivity index (χ0n) is 12.4. The van der Waals surface area contributed by atoms with Gasteiger partial charge in [-0.3, -0.25) is 4.72 Å². The third-order valence-corrected chi connectivity index (χ3v) is 4.18. The molecule has 0 amide bonds. The number of anilines is 3. The minimum Gasteiger partial charge on any atom is -0.495 e. The van der Waals surface area contributed by atoms with E-state index in [2.05, 4.69) is 20.2 Å². The summed E-state index contributed by atoms with van der Waals surface area (Å²) in [6, 6.07) is 10.5. The third-order valence-electron chi connectivity index (χ3n) is 2.75. The fourth-order valence-electron chi connectivity index (χ4n) is 1.56. The smallest absolute Gasteiger partial charge is 0.302 e. The second-order valence-corrected chi connectivity index (χ2v) is 6.40. The van der Waals surface area contributed by atoms with Crippen LogP contribution in [0.15, 0.2) is 36.4 Å². The Kier molecular flexibility index (Phi) is 4.78. The Hall–Kier alpha value is -2.39. The molecule has 0 aliphatic rings. The molecule has 8 nitrogen and oxygen atoms in total. The lowest BCUT2D eigenvalue weighted by Crippen LogP contribution is -2.29. The molecule has 2 rings (SSSR count). The minimum atomic E-state index is -3.59. The summed E-state index contributed by atoms with van der Waals surface area (Å²) < 4.78 is 31.9. The molecule has 22 heavy (non-hydrogen) atoms. The number of hydrogen-bond donors (Lipinski definition) is 2. The lowest BCUT2D eigenvalue weighted by Gasteiger charge is -2.13. The SMILES string of the molecule is COc1ccccc1Nc1ccc(NS(=O)(=O)N(C)C)nn1. The number of methoxy groups -OCH3 is 1. The molecule has 0 aliphatic carbocycles. The number of hydrogen-bond acceptors (Lipinski definition) is 6. The van der Waals surface area contributed by atoms with E-state index >= 15 is 0 Å². The molecule has 0 spiro atoms. The van der Waals surface area contributed by atoms with E-state index in [1.54, 1.807) is 13.2 Å². The van der Waals surface area contributed by atoms with Gasteiger partial charge in [0.1, 0.15) is 5.75 Å². The van der Waals surface area contributed by atoms with Gasteiger partial charge >= 0.3 is 10.2 Å². The summed E-state index contributed by atoms with van der Waals surface area (Å²) in [7, 11) is 0.829. The third kappa shape index (κ3) is 3.83. The van der Waals surface area contributed by atoms with Crippen LogP contribution in [0.25, 0.3) is 0 Å². The molecule has 118 valence electrons. The van der Waals surface area contributed by atoms with Crippen molar-refractivity contribution in [3.63, 3.8) is 0 Å². The maximum Gasteiger partial charge on any atom is 0.302 e. The van der Waals surface area contributed by atoms with E-state index in [1.807, 2.05) is 24.3 Å². The van der Waals surface area contributed by atoms with Crippen molar-refractivity contribution >= 4 is 27.5 Å². The number of nitrogens with one attached hydrogen (secondary N) is 2. The Morgan fingerprint density at radius 2 is 1.68 bits per heavy atom. The van der Waals surface area contributed by atoms with Crippen molar-refractivity contribution in [2.45, 2.75) is 0 Å². The van der Waals surface area contributed by atoms with Gasteiger partial charge in [-0.05, 0) is 24.3 Å². The van der Waals surface area contributed by atoms with E-state index < -0.39 is 10.2 Å². The Bertz CT molecular complexity index is 732. The van der Waals surface area contributed by atoms with Gasteiger partial charge in [0.05, 0.1) is 12.8 Å². The lowest BCUT2D eigenvalue weighted by atomic mass is 10.3. The molecular weight excluding hydrogens is 306 g/mol. The predicted octanol–water partition coefficient (Wildman–Crippen LogP) is 1.45. The van der Waals surface area contributed by atoms with Gasteiger partial charge < -0.3 is 10.1 Å². The fourth-order valence-corrected chi connectivity index (χ4v) is 2.12. The van der Waals surface area contributed by atoms with E-state index in [0.29, 0.717) is 11.6 Å². The molecular formula is C13H17N5O3S. The van der Waals surface area contributed by atoms with Gasteiger partial charge in [0.2, 0.25) is 0 Å². The first-order valence-corrected chi connectivity index (χ1v) is 7.80. The van der Waals surface area contributed by atoms with Crippen LogP contribution in [0.1, 0.15) is 0 Å². The van der Waals surface area contributed by atoms with Crippen molar-refractivity contribution in [2.24, 2.45) is 0 Å². The van der Waals surface area contributed by atoms with Crippen molar-refractivity contribution in [2.75, 3.05) is 31.2 Å². The summed E-state index contributed by atoms with van der Waals surface area (Å²) in [5.74, 6) is 1.28. The van der Waals surface area contributed by atoms with Crippen LogP contribution < -0.4 is 14.8 Å². The predicted molar refractivity (Wildman–Crippen MR) is 84.5 cm³/mol. The van der Waals surface area contributed by atoms with E-state index in [9.17, 15) is 8.42 Å². The summed E-state index contributed by atoms with van der Waals surface area (Å²) in [6.07, 6.45) is 0. The topological polar surface area (TPSA) is 96.5 Å². The van der Waals surface area contributed by atoms with Crippen LogP contribution >= 0.6 is 0 Å². The van der Waals surface area contributed by atoms with Crippen molar-refractivity contribution in [3.8, 4) is 5.75 Å². The molecule has 1 aromatic heterocycles. The Morgan fingerprint density at radius 3 is 2.27 bits per heavy atom. The summed E-state index contributed by atoms with van der Waals surface area (Å²) in [5, 5.41) is 10.8. The van der Waals surface area contributed by atoms with Gasteiger partial charge in [-0.25, -0.2) is 0 Å². The normalized spacial score (nSPS) is 11.3. The molecule has 9 heteroatoms. The number of benzene rings is 1. The van der Waals surface area contributed by atoms with Crippen LogP contribution in [-0.4, -0.2) is 44.1 Å². The number of ether oxygens (including phenoxy) is 1. The number of nitrogens with zero attached hydrogens (tertiary/aromatic N) is 3. The standard InChI is InChI=1S/C13H17N5O3S/c1-18(2)22(19,20)17-13-9-8-12(15-16-13)14-10-6-4-5-7-11(10)21-3/h4-9H,1-3H3,(H,14,15)(H,16,17). The molecule has 2 aromatic rings. The zero-order valence-corrected chi connectivity index (χ0v) is 13.3. The van der Waals surface area contributed by atoms with Crippen LogP contribution in [0.3, 0.4) is 0 Å². The zero-order chi connectivity index (χ0) is 16.2. The summed E-state index contributed by atoms with van der Waals surface area (Å²) in [6.45, 7) is 0. The second-order valence-electron chi connectivity index (χ2n) is 4.52. The molecule has 0 aliphatic heterocycles. The van der Waals surface area contributed by atoms with Gasteiger partial charge in [0, 0.05) is 14.1 Å². The lowest BCUT2D eigenvalue weighted by molar-refractivity contribution is 0.417. The Morgan fingerprint density at radius 1 is 1.05 bits per heavy atom. The molecule has 0 radical (unpaired) electrons. The highest BCUT2D eigenvalue weighted by Crippen LogP contribution is 2.26. The maximum absolute atomic E-state index is 11.7. The van der Waals surface area contributed by atoms with Crippen molar-refractivity contribution < 1.29 is 13.2 Å². The second kappa shape index (κ2) is 6.58. The molecule has 1 heterocycles. The highest BCUT2D eigenvalue weighted by molar-refractivity contribution is 7.90. The molecule has 0 unspecified atom stereocenters. The van der Waals surface area contributed by atoms with Crippen LogP contribution in [0, 0.1) is 0 Å². The van der Waals surface area contributed by atoms with Crippen LogP contribution in [0.5, 0.6) is 5.75 Å². The van der Waals surface area contributed by atoms with Crippen molar-refractivity contribution in [1.82, 2.24) is 14.5 Å². The van der Waals surface area contributed by atoms with Gasteiger partial charge in [-0.2, -0.15) is 12.7 Å². The van der Waals surface area contributed by atoms with E-state index in [1.165, 1.54) is 20.2 Å². The molecule has 0 bridgehead atoms. The molecule has 0 saturated carbocycles. The summed E-state index contributed by atoms with van der Waals surface area (Å²) in [5.41, 5.74) is 0.737. The first kappa shape index (κ1) is 16.0.